The summed E-state index contributed by atoms with van der Waals surface area (Å²) in [6.45, 7) is 4.46. The van der Waals surface area contributed by atoms with Gasteiger partial charge in [0.2, 0.25) is 0 Å². The van der Waals surface area contributed by atoms with E-state index in [0.29, 0.717) is 0 Å². The SMILES string of the molecule is CCCNC(C1CCOC2(CCSC2)C1)C1CCCS1. The maximum Gasteiger partial charge on any atom is 0.0783 e. The van der Waals surface area contributed by atoms with Gasteiger partial charge in [-0.25, -0.2) is 0 Å². The second-order valence-corrected chi connectivity index (χ2v) is 9.07. The van der Waals surface area contributed by atoms with Crippen molar-refractivity contribution in [3.8, 4) is 0 Å². The van der Waals surface area contributed by atoms with Gasteiger partial charge in [-0.2, -0.15) is 23.5 Å². The van der Waals surface area contributed by atoms with Gasteiger partial charge in [-0.15, -0.1) is 0 Å². The minimum Gasteiger partial charge on any atom is -0.374 e. The summed E-state index contributed by atoms with van der Waals surface area (Å²) < 4.78 is 6.22. The second kappa shape index (κ2) is 7.26. The van der Waals surface area contributed by atoms with Crippen LogP contribution in [0.25, 0.3) is 0 Å². The minimum atomic E-state index is 0.239. The number of ether oxygens (including phenoxy) is 1. The predicted molar refractivity (Wildman–Crippen MR) is 90.9 cm³/mol. The Balaban J connectivity index is 1.65. The molecule has 0 aromatic rings. The van der Waals surface area contributed by atoms with Crippen molar-refractivity contribution in [1.82, 2.24) is 5.32 Å². The van der Waals surface area contributed by atoms with Crippen LogP contribution in [0.5, 0.6) is 0 Å². The van der Waals surface area contributed by atoms with Crippen LogP contribution in [-0.2, 0) is 4.74 Å². The quantitative estimate of drug-likeness (QED) is 0.837. The van der Waals surface area contributed by atoms with Gasteiger partial charge in [0.15, 0.2) is 0 Å². The lowest BCUT2D eigenvalue weighted by molar-refractivity contribution is -0.0851. The molecule has 0 saturated carbocycles. The van der Waals surface area contributed by atoms with Crippen LogP contribution in [0.2, 0.25) is 0 Å². The van der Waals surface area contributed by atoms with Gasteiger partial charge >= 0.3 is 0 Å². The fourth-order valence-electron chi connectivity index (χ4n) is 4.03. The third-order valence-electron chi connectivity index (χ3n) is 5.10. The van der Waals surface area contributed by atoms with Crippen molar-refractivity contribution >= 4 is 23.5 Å². The fourth-order valence-corrected chi connectivity index (χ4v) is 6.91. The van der Waals surface area contributed by atoms with Crippen molar-refractivity contribution < 1.29 is 4.74 Å². The highest BCUT2D eigenvalue weighted by Gasteiger charge is 2.44. The van der Waals surface area contributed by atoms with Crippen LogP contribution in [0.3, 0.4) is 0 Å². The van der Waals surface area contributed by atoms with E-state index in [1.165, 1.54) is 62.3 Å². The van der Waals surface area contributed by atoms with E-state index < -0.39 is 0 Å². The molecule has 0 aromatic carbocycles. The standard InChI is InChI=1S/C16H29NOS2/c1-2-7-17-15(14-4-3-9-20-14)13-5-8-18-16(11-13)6-10-19-12-16/h13-15,17H,2-12H2,1H3. The van der Waals surface area contributed by atoms with Crippen LogP contribution in [0.15, 0.2) is 0 Å². The zero-order valence-electron chi connectivity index (χ0n) is 12.7. The highest BCUT2D eigenvalue weighted by Crippen LogP contribution is 2.43. The molecule has 4 heteroatoms. The van der Waals surface area contributed by atoms with E-state index in [1.54, 1.807) is 0 Å². The van der Waals surface area contributed by atoms with Crippen molar-refractivity contribution in [3.05, 3.63) is 0 Å². The van der Waals surface area contributed by atoms with Crippen molar-refractivity contribution in [2.45, 2.75) is 62.3 Å². The van der Waals surface area contributed by atoms with Gasteiger partial charge in [-0.05, 0) is 62.5 Å². The molecule has 3 rings (SSSR count). The van der Waals surface area contributed by atoms with Crippen molar-refractivity contribution in [1.29, 1.82) is 0 Å². The van der Waals surface area contributed by atoms with Crippen molar-refractivity contribution in [3.63, 3.8) is 0 Å². The summed E-state index contributed by atoms with van der Waals surface area (Å²) in [6.07, 6.45) is 7.95. The Morgan fingerprint density at radius 1 is 1.35 bits per heavy atom. The number of nitrogens with one attached hydrogen (secondary N) is 1. The van der Waals surface area contributed by atoms with Crippen molar-refractivity contribution in [2.24, 2.45) is 5.92 Å². The first kappa shape index (κ1) is 15.5. The van der Waals surface area contributed by atoms with Gasteiger partial charge < -0.3 is 10.1 Å². The highest BCUT2D eigenvalue weighted by atomic mass is 32.2. The normalized spacial score (nSPS) is 39.5. The van der Waals surface area contributed by atoms with Crippen LogP contribution in [0.1, 0.15) is 45.4 Å². The predicted octanol–water partition coefficient (Wildman–Crippen LogP) is 3.55. The van der Waals surface area contributed by atoms with E-state index in [4.69, 9.17) is 4.74 Å². The maximum absolute atomic E-state index is 6.22. The van der Waals surface area contributed by atoms with Gasteiger partial charge in [-0.3, -0.25) is 0 Å². The van der Waals surface area contributed by atoms with Gasteiger partial charge in [0.1, 0.15) is 0 Å². The molecule has 2 nitrogen and oxygen atoms in total. The Morgan fingerprint density at radius 2 is 2.30 bits per heavy atom. The molecule has 1 spiro atoms. The second-order valence-electron chi connectivity index (χ2n) is 6.62. The summed E-state index contributed by atoms with van der Waals surface area (Å²) in [5.74, 6) is 4.75. The molecular formula is C16H29NOS2. The molecule has 4 atom stereocenters. The molecule has 4 unspecified atom stereocenters. The molecule has 3 fully saturated rings. The van der Waals surface area contributed by atoms with E-state index in [1.807, 2.05) is 0 Å². The van der Waals surface area contributed by atoms with Crippen LogP contribution < -0.4 is 5.32 Å². The molecule has 3 aliphatic rings. The molecule has 3 heterocycles. The zero-order chi connectivity index (χ0) is 13.8. The van der Waals surface area contributed by atoms with E-state index in [9.17, 15) is 0 Å². The topological polar surface area (TPSA) is 21.3 Å². The lowest BCUT2D eigenvalue weighted by Gasteiger charge is -2.42. The largest absolute Gasteiger partial charge is 0.374 e. The smallest absolute Gasteiger partial charge is 0.0783 e. The Morgan fingerprint density at radius 3 is 3.00 bits per heavy atom. The molecule has 0 radical (unpaired) electrons. The van der Waals surface area contributed by atoms with Crippen molar-refractivity contribution in [2.75, 3.05) is 30.4 Å². The first-order chi connectivity index (χ1) is 9.83. The van der Waals surface area contributed by atoms with Crippen LogP contribution >= 0.6 is 23.5 Å². The Bertz CT molecular complexity index is 301. The van der Waals surface area contributed by atoms with Gasteiger partial charge in [0.25, 0.3) is 0 Å². The first-order valence-electron chi connectivity index (χ1n) is 8.40. The average Bonchev–Trinajstić information content (AvgIpc) is 3.12. The highest BCUT2D eigenvalue weighted by molar-refractivity contribution is 8.00. The molecular weight excluding hydrogens is 286 g/mol. The number of hydrogen-bond acceptors (Lipinski definition) is 4. The summed E-state index contributed by atoms with van der Waals surface area (Å²) in [5.41, 5.74) is 0.239. The summed E-state index contributed by atoms with van der Waals surface area (Å²) in [5, 5.41) is 4.76. The molecule has 0 aliphatic carbocycles. The van der Waals surface area contributed by atoms with Gasteiger partial charge in [-0.1, -0.05) is 6.92 Å². The third kappa shape index (κ3) is 3.50. The van der Waals surface area contributed by atoms with E-state index in [-0.39, 0.29) is 5.60 Å². The molecule has 0 bridgehead atoms. The fraction of sp³-hybridized carbons (Fsp3) is 1.00. The van der Waals surface area contributed by atoms with E-state index in [0.717, 1.165) is 23.8 Å². The Labute approximate surface area is 132 Å². The maximum atomic E-state index is 6.22. The van der Waals surface area contributed by atoms with Crippen LogP contribution in [0.4, 0.5) is 0 Å². The summed E-state index contributed by atoms with van der Waals surface area (Å²) in [4.78, 5) is 0. The third-order valence-corrected chi connectivity index (χ3v) is 7.81. The summed E-state index contributed by atoms with van der Waals surface area (Å²) in [6, 6.07) is 0.730. The first-order valence-corrected chi connectivity index (χ1v) is 10.6. The zero-order valence-corrected chi connectivity index (χ0v) is 14.4. The number of thioether (sulfide) groups is 2. The summed E-state index contributed by atoms with van der Waals surface area (Å²) >= 11 is 4.31. The minimum absolute atomic E-state index is 0.239. The lowest BCUT2D eigenvalue weighted by Crippen LogP contribution is -2.50. The molecule has 3 saturated heterocycles. The van der Waals surface area contributed by atoms with Crippen LogP contribution in [-0.4, -0.2) is 47.3 Å². The number of hydrogen-bond donors (Lipinski definition) is 1. The lowest BCUT2D eigenvalue weighted by atomic mass is 9.79. The molecule has 20 heavy (non-hydrogen) atoms. The molecule has 0 amide bonds. The molecule has 116 valence electrons. The molecule has 0 aromatic heterocycles. The molecule has 1 N–H and O–H groups in total. The molecule has 3 aliphatic heterocycles. The number of rotatable bonds is 5. The van der Waals surface area contributed by atoms with E-state index >= 15 is 0 Å². The Kier molecular flexibility index (Phi) is 5.63. The van der Waals surface area contributed by atoms with Gasteiger partial charge in [0.05, 0.1) is 5.60 Å². The van der Waals surface area contributed by atoms with Crippen LogP contribution in [0, 0.1) is 5.92 Å². The monoisotopic (exact) mass is 315 g/mol. The van der Waals surface area contributed by atoms with E-state index in [2.05, 4.69) is 35.8 Å². The summed E-state index contributed by atoms with van der Waals surface area (Å²) in [7, 11) is 0. The average molecular weight is 316 g/mol. The Hall–Kier alpha value is 0.620. The van der Waals surface area contributed by atoms with Gasteiger partial charge in [0, 0.05) is 23.7 Å².